The third-order valence-electron chi connectivity index (χ3n) is 5.51. The van der Waals surface area contributed by atoms with E-state index < -0.39 is 0 Å². The number of rotatable bonds is 19. The highest BCUT2D eigenvalue weighted by molar-refractivity contribution is 5.65. The van der Waals surface area contributed by atoms with E-state index in [9.17, 15) is 4.79 Å². The number of benzene rings is 1. The summed E-state index contributed by atoms with van der Waals surface area (Å²) in [7, 11) is 0. The summed E-state index contributed by atoms with van der Waals surface area (Å²) in [6.45, 7) is 5.11. The van der Waals surface area contributed by atoms with E-state index in [1.54, 1.807) is 0 Å². The molecule has 1 rings (SSSR count). The van der Waals surface area contributed by atoms with Gasteiger partial charge in [0.05, 0.1) is 0 Å². The highest BCUT2D eigenvalue weighted by Gasteiger charge is 1.98. The predicted molar refractivity (Wildman–Crippen MR) is 125 cm³/mol. The zero-order valence-electron chi connectivity index (χ0n) is 19.1. The highest BCUT2D eigenvalue weighted by Crippen LogP contribution is 2.14. The van der Waals surface area contributed by atoms with Crippen molar-refractivity contribution in [3.63, 3.8) is 0 Å². The molecular formula is C26H45NO2. The number of nitrogens with one attached hydrogen (secondary N) is 1. The summed E-state index contributed by atoms with van der Waals surface area (Å²) >= 11 is 0. The molecule has 0 amide bonds. The maximum atomic E-state index is 10.8. The van der Waals surface area contributed by atoms with Crippen LogP contribution in [-0.2, 0) is 16.1 Å². The molecule has 0 saturated heterocycles. The Morgan fingerprint density at radius 1 is 0.724 bits per heavy atom. The first-order chi connectivity index (χ1) is 14.2. The van der Waals surface area contributed by atoms with Gasteiger partial charge in [-0.3, -0.25) is 4.79 Å². The molecule has 29 heavy (non-hydrogen) atoms. The fourth-order valence-electron chi connectivity index (χ4n) is 3.63. The predicted octanol–water partition coefficient (Wildman–Crippen LogP) is 8.03. The number of esters is 1. The maximum Gasteiger partial charge on any atom is 0.302 e. The Labute approximate surface area is 180 Å². The number of unbranched alkanes of at least 4 members (excludes halogenated alkanes) is 14. The van der Waals surface area contributed by atoms with Crippen LogP contribution in [0.5, 0.6) is 0 Å². The first-order valence-electron chi connectivity index (χ1n) is 12.2. The van der Waals surface area contributed by atoms with Crippen LogP contribution >= 0.6 is 0 Å². The summed E-state index contributed by atoms with van der Waals surface area (Å²) < 4.78 is 5.00. The van der Waals surface area contributed by atoms with Gasteiger partial charge in [-0.2, -0.15) is 0 Å². The van der Waals surface area contributed by atoms with E-state index in [-0.39, 0.29) is 5.97 Å². The molecule has 0 aliphatic rings. The summed E-state index contributed by atoms with van der Waals surface area (Å²) in [6.07, 6.45) is 21.0. The second-order valence-electron chi connectivity index (χ2n) is 8.35. The molecule has 0 aromatic heterocycles. The Balaban J connectivity index is 1.83. The van der Waals surface area contributed by atoms with Gasteiger partial charge in [0.1, 0.15) is 6.61 Å². The molecule has 0 unspecified atom stereocenters. The normalized spacial score (nSPS) is 10.8. The van der Waals surface area contributed by atoms with Gasteiger partial charge in [0, 0.05) is 19.2 Å². The molecule has 0 heterocycles. The van der Waals surface area contributed by atoms with E-state index >= 15 is 0 Å². The van der Waals surface area contributed by atoms with E-state index in [1.807, 2.05) is 12.1 Å². The van der Waals surface area contributed by atoms with Crippen molar-refractivity contribution in [2.45, 2.75) is 117 Å². The zero-order valence-corrected chi connectivity index (χ0v) is 19.1. The smallest absolute Gasteiger partial charge is 0.302 e. The summed E-state index contributed by atoms with van der Waals surface area (Å²) in [6, 6.07) is 8.14. The Morgan fingerprint density at radius 2 is 1.17 bits per heavy atom. The Kier molecular flexibility index (Phi) is 16.3. The molecule has 1 N–H and O–H groups in total. The second kappa shape index (κ2) is 18.5. The Bertz CT molecular complexity index is 498. The second-order valence-corrected chi connectivity index (χ2v) is 8.35. The lowest BCUT2D eigenvalue weighted by Crippen LogP contribution is -2.02. The molecule has 0 bridgehead atoms. The largest absolute Gasteiger partial charge is 0.461 e. The average molecular weight is 404 g/mol. The van der Waals surface area contributed by atoms with Crippen LogP contribution in [0.4, 0.5) is 5.69 Å². The molecule has 0 atom stereocenters. The quantitative estimate of drug-likeness (QED) is 0.188. The third kappa shape index (κ3) is 16.0. The maximum absolute atomic E-state index is 10.8. The lowest BCUT2D eigenvalue weighted by Gasteiger charge is -2.08. The molecule has 0 fully saturated rings. The molecule has 0 aliphatic heterocycles. The van der Waals surface area contributed by atoms with Gasteiger partial charge in [0.25, 0.3) is 0 Å². The fraction of sp³-hybridized carbons (Fsp3) is 0.731. The monoisotopic (exact) mass is 403 g/mol. The van der Waals surface area contributed by atoms with Gasteiger partial charge in [-0.1, -0.05) is 109 Å². The van der Waals surface area contributed by atoms with Crippen LogP contribution in [0, 0.1) is 0 Å². The van der Waals surface area contributed by atoms with Crippen molar-refractivity contribution >= 4 is 11.7 Å². The van der Waals surface area contributed by atoms with Crippen molar-refractivity contribution in [2.75, 3.05) is 11.9 Å². The molecule has 0 aliphatic carbocycles. The number of carbonyl (C=O) groups excluding carboxylic acids is 1. The van der Waals surface area contributed by atoms with E-state index in [4.69, 9.17) is 4.74 Å². The molecule has 1 aromatic rings. The minimum absolute atomic E-state index is 0.236. The number of hydrogen-bond acceptors (Lipinski definition) is 3. The minimum atomic E-state index is -0.236. The Morgan fingerprint density at radius 3 is 1.62 bits per heavy atom. The van der Waals surface area contributed by atoms with E-state index in [1.165, 1.54) is 103 Å². The van der Waals surface area contributed by atoms with Crippen LogP contribution in [0.15, 0.2) is 24.3 Å². The SMILES string of the molecule is CCCCCCCCCCCCCCCCCNc1ccc(COC(C)=O)cc1. The summed E-state index contributed by atoms with van der Waals surface area (Å²) in [4.78, 5) is 10.8. The molecule has 1 aromatic carbocycles. The first-order valence-corrected chi connectivity index (χ1v) is 12.2. The third-order valence-corrected chi connectivity index (χ3v) is 5.51. The number of carbonyl (C=O) groups is 1. The van der Waals surface area contributed by atoms with Crippen LogP contribution in [0.2, 0.25) is 0 Å². The van der Waals surface area contributed by atoms with E-state index in [0.29, 0.717) is 6.61 Å². The highest BCUT2D eigenvalue weighted by atomic mass is 16.5. The number of hydrogen-bond donors (Lipinski definition) is 1. The summed E-state index contributed by atoms with van der Waals surface area (Å²) in [5, 5.41) is 3.48. The zero-order chi connectivity index (χ0) is 21.0. The van der Waals surface area contributed by atoms with Crippen LogP contribution in [0.1, 0.15) is 116 Å². The van der Waals surface area contributed by atoms with Gasteiger partial charge in [0.2, 0.25) is 0 Å². The van der Waals surface area contributed by atoms with Gasteiger partial charge in [-0.05, 0) is 24.1 Å². The van der Waals surface area contributed by atoms with Gasteiger partial charge in [0.15, 0.2) is 0 Å². The van der Waals surface area contributed by atoms with E-state index in [0.717, 1.165) is 17.8 Å². The molecule has 0 saturated carbocycles. The molecular weight excluding hydrogens is 358 g/mol. The van der Waals surface area contributed by atoms with Crippen molar-refractivity contribution in [1.29, 1.82) is 0 Å². The van der Waals surface area contributed by atoms with Crippen molar-refractivity contribution in [2.24, 2.45) is 0 Å². The standard InChI is InChI=1S/C26H45NO2/c1-3-4-5-6-7-8-9-10-11-12-13-14-15-16-17-22-27-26-20-18-25(19-21-26)23-29-24(2)28/h18-21,27H,3-17,22-23H2,1-2H3. The molecule has 166 valence electrons. The van der Waals surface area contributed by atoms with Gasteiger partial charge >= 0.3 is 5.97 Å². The lowest BCUT2D eigenvalue weighted by molar-refractivity contribution is -0.142. The molecule has 0 spiro atoms. The van der Waals surface area contributed by atoms with Crippen molar-refractivity contribution in [3.05, 3.63) is 29.8 Å². The minimum Gasteiger partial charge on any atom is -0.461 e. The van der Waals surface area contributed by atoms with Crippen molar-refractivity contribution < 1.29 is 9.53 Å². The van der Waals surface area contributed by atoms with Gasteiger partial charge < -0.3 is 10.1 Å². The van der Waals surface area contributed by atoms with Crippen LogP contribution in [0.25, 0.3) is 0 Å². The van der Waals surface area contributed by atoms with Crippen molar-refractivity contribution in [1.82, 2.24) is 0 Å². The van der Waals surface area contributed by atoms with Crippen LogP contribution in [-0.4, -0.2) is 12.5 Å². The number of ether oxygens (including phenoxy) is 1. The van der Waals surface area contributed by atoms with Crippen LogP contribution in [0.3, 0.4) is 0 Å². The summed E-state index contributed by atoms with van der Waals surface area (Å²) in [5.74, 6) is -0.236. The fourth-order valence-corrected chi connectivity index (χ4v) is 3.63. The topological polar surface area (TPSA) is 38.3 Å². The van der Waals surface area contributed by atoms with E-state index in [2.05, 4.69) is 24.4 Å². The lowest BCUT2D eigenvalue weighted by atomic mass is 10.0. The molecule has 3 heteroatoms. The van der Waals surface area contributed by atoms with Crippen LogP contribution < -0.4 is 5.32 Å². The average Bonchev–Trinajstić information content (AvgIpc) is 2.72. The molecule has 0 radical (unpaired) electrons. The van der Waals surface area contributed by atoms with Gasteiger partial charge in [-0.25, -0.2) is 0 Å². The van der Waals surface area contributed by atoms with Gasteiger partial charge in [-0.15, -0.1) is 0 Å². The first kappa shape index (κ1) is 25.5. The summed E-state index contributed by atoms with van der Waals surface area (Å²) in [5.41, 5.74) is 2.17. The van der Waals surface area contributed by atoms with Crippen molar-refractivity contribution in [3.8, 4) is 0 Å². The molecule has 3 nitrogen and oxygen atoms in total. The Hall–Kier alpha value is -1.51. The number of anilines is 1.